The van der Waals surface area contributed by atoms with E-state index in [4.69, 9.17) is 0 Å². The van der Waals surface area contributed by atoms with E-state index >= 15 is 0 Å². The van der Waals surface area contributed by atoms with Gasteiger partial charge in [0.1, 0.15) is 24.1 Å². The van der Waals surface area contributed by atoms with Crippen molar-refractivity contribution in [1.29, 1.82) is 0 Å². The molecule has 0 unspecified atom stereocenters. The fourth-order valence-electron chi connectivity index (χ4n) is 1.69. The Labute approximate surface area is 103 Å². The number of phenolic OH excluding ortho intramolecular Hbond substituents is 2. The molecule has 2 aromatic rings. The number of aromatic hydroxyl groups is 2. The normalized spacial score (nSPS) is 10.0. The van der Waals surface area contributed by atoms with Gasteiger partial charge in [-0.15, -0.1) is 0 Å². The first-order chi connectivity index (χ1) is 8.65. The third-order valence-electron chi connectivity index (χ3n) is 2.60. The Morgan fingerprint density at radius 3 is 1.44 bits per heavy atom. The number of benzene rings is 2. The van der Waals surface area contributed by atoms with Crippen LogP contribution in [-0.2, 0) is 0 Å². The average Bonchev–Trinajstić information content (AvgIpc) is 2.40. The van der Waals surface area contributed by atoms with Crippen LogP contribution in [0.4, 0.5) is 0 Å². The molecule has 0 aliphatic rings. The summed E-state index contributed by atoms with van der Waals surface area (Å²) < 4.78 is 0. The van der Waals surface area contributed by atoms with Crippen LogP contribution in [0.1, 0.15) is 20.7 Å². The molecule has 90 valence electrons. The summed E-state index contributed by atoms with van der Waals surface area (Å²) >= 11 is 0. The molecule has 0 radical (unpaired) electrons. The number of carbonyl (C=O) groups is 2. The smallest absolute Gasteiger partial charge is 0.150 e. The Kier molecular flexibility index (Phi) is 3.10. The van der Waals surface area contributed by atoms with E-state index in [0.717, 1.165) is 0 Å². The van der Waals surface area contributed by atoms with Crippen molar-refractivity contribution in [2.45, 2.75) is 0 Å². The third-order valence-corrected chi connectivity index (χ3v) is 2.60. The lowest BCUT2D eigenvalue weighted by Gasteiger charge is -2.08. The third kappa shape index (κ3) is 2.08. The summed E-state index contributed by atoms with van der Waals surface area (Å²) in [4.78, 5) is 21.4. The molecule has 18 heavy (non-hydrogen) atoms. The summed E-state index contributed by atoms with van der Waals surface area (Å²) in [6, 6.07) is 8.56. The lowest BCUT2D eigenvalue weighted by atomic mass is 9.99. The molecule has 4 nitrogen and oxygen atoms in total. The number of phenols is 2. The van der Waals surface area contributed by atoms with Crippen LogP contribution < -0.4 is 0 Å². The first-order valence-corrected chi connectivity index (χ1v) is 5.22. The molecule has 0 spiro atoms. The summed E-state index contributed by atoms with van der Waals surface area (Å²) in [5.41, 5.74) is 1.36. The van der Waals surface area contributed by atoms with Crippen molar-refractivity contribution >= 4 is 12.6 Å². The Balaban J connectivity index is 2.67. The van der Waals surface area contributed by atoms with Gasteiger partial charge in [-0.1, -0.05) is 0 Å². The summed E-state index contributed by atoms with van der Waals surface area (Å²) in [6.07, 6.45) is 1.28. The Morgan fingerprint density at radius 2 is 1.11 bits per heavy atom. The topological polar surface area (TPSA) is 74.6 Å². The van der Waals surface area contributed by atoms with Crippen LogP contribution in [0.3, 0.4) is 0 Å². The standard InChI is InChI=1S/C14H10O4/c15-7-9-1-3-13(17)11(5-9)12-6-10(8-16)2-4-14(12)18/h1-8,17-18H. The van der Waals surface area contributed by atoms with E-state index < -0.39 is 0 Å². The summed E-state index contributed by atoms with van der Waals surface area (Å²) in [5.74, 6) is -0.141. The minimum atomic E-state index is -0.0704. The summed E-state index contributed by atoms with van der Waals surface area (Å²) in [7, 11) is 0. The van der Waals surface area contributed by atoms with Crippen molar-refractivity contribution in [3.05, 3.63) is 47.5 Å². The van der Waals surface area contributed by atoms with Crippen LogP contribution in [0.5, 0.6) is 11.5 Å². The van der Waals surface area contributed by atoms with Crippen LogP contribution >= 0.6 is 0 Å². The maximum Gasteiger partial charge on any atom is 0.150 e. The predicted molar refractivity (Wildman–Crippen MR) is 66.0 cm³/mol. The van der Waals surface area contributed by atoms with Gasteiger partial charge in [0.15, 0.2) is 0 Å². The van der Waals surface area contributed by atoms with Crippen molar-refractivity contribution in [1.82, 2.24) is 0 Å². The lowest BCUT2D eigenvalue weighted by Crippen LogP contribution is -1.87. The number of hydrogen-bond donors (Lipinski definition) is 2. The fraction of sp³-hybridized carbons (Fsp3) is 0. The maximum atomic E-state index is 10.7. The van der Waals surface area contributed by atoms with Gasteiger partial charge in [0, 0.05) is 22.3 Å². The van der Waals surface area contributed by atoms with Gasteiger partial charge in [0.05, 0.1) is 0 Å². The predicted octanol–water partition coefficient (Wildman–Crippen LogP) is 2.39. The second-order valence-corrected chi connectivity index (χ2v) is 3.79. The van der Waals surface area contributed by atoms with E-state index in [1.54, 1.807) is 0 Å². The minimum Gasteiger partial charge on any atom is -0.507 e. The van der Waals surface area contributed by atoms with Crippen molar-refractivity contribution in [2.24, 2.45) is 0 Å². The van der Waals surface area contributed by atoms with E-state index in [1.165, 1.54) is 36.4 Å². The zero-order valence-electron chi connectivity index (χ0n) is 9.33. The van der Waals surface area contributed by atoms with Gasteiger partial charge >= 0.3 is 0 Å². The van der Waals surface area contributed by atoms with Crippen molar-refractivity contribution in [2.75, 3.05) is 0 Å². The zero-order chi connectivity index (χ0) is 13.1. The highest BCUT2D eigenvalue weighted by atomic mass is 16.3. The molecule has 0 atom stereocenters. The molecular weight excluding hydrogens is 232 g/mol. The molecule has 0 amide bonds. The molecule has 2 aromatic carbocycles. The van der Waals surface area contributed by atoms with Gasteiger partial charge in [0.2, 0.25) is 0 Å². The molecule has 0 bridgehead atoms. The Hall–Kier alpha value is -2.62. The van der Waals surface area contributed by atoms with E-state index in [0.29, 0.717) is 34.8 Å². The highest BCUT2D eigenvalue weighted by molar-refractivity contribution is 5.86. The van der Waals surface area contributed by atoms with Crippen LogP contribution in [0, 0.1) is 0 Å². The summed E-state index contributed by atoms with van der Waals surface area (Å²) in [6.45, 7) is 0. The highest BCUT2D eigenvalue weighted by Gasteiger charge is 2.10. The Morgan fingerprint density at radius 1 is 0.722 bits per heavy atom. The monoisotopic (exact) mass is 242 g/mol. The number of carbonyl (C=O) groups excluding carboxylic acids is 2. The Bertz CT molecular complexity index is 562. The molecule has 0 saturated carbocycles. The first kappa shape index (κ1) is 11.9. The van der Waals surface area contributed by atoms with E-state index in [2.05, 4.69) is 0 Å². The molecule has 0 heterocycles. The van der Waals surface area contributed by atoms with Gasteiger partial charge in [-0.05, 0) is 36.4 Å². The molecule has 0 aromatic heterocycles. The molecule has 2 rings (SSSR count). The first-order valence-electron chi connectivity index (χ1n) is 5.22. The number of hydrogen-bond acceptors (Lipinski definition) is 4. The van der Waals surface area contributed by atoms with Gasteiger partial charge in [0.25, 0.3) is 0 Å². The van der Waals surface area contributed by atoms with Crippen molar-refractivity contribution in [3.8, 4) is 22.6 Å². The van der Waals surface area contributed by atoms with Gasteiger partial charge < -0.3 is 10.2 Å². The second-order valence-electron chi connectivity index (χ2n) is 3.79. The van der Waals surface area contributed by atoms with Crippen LogP contribution in [0.25, 0.3) is 11.1 Å². The maximum absolute atomic E-state index is 10.7. The van der Waals surface area contributed by atoms with Crippen molar-refractivity contribution in [3.63, 3.8) is 0 Å². The molecular formula is C14H10O4. The number of rotatable bonds is 3. The van der Waals surface area contributed by atoms with E-state index in [9.17, 15) is 19.8 Å². The second kappa shape index (κ2) is 4.71. The molecule has 2 N–H and O–H groups in total. The molecule has 0 fully saturated rings. The number of aldehydes is 2. The van der Waals surface area contributed by atoms with Gasteiger partial charge in [-0.3, -0.25) is 9.59 Å². The van der Waals surface area contributed by atoms with E-state index in [-0.39, 0.29) is 11.5 Å². The lowest BCUT2D eigenvalue weighted by molar-refractivity contribution is 0.111. The molecule has 0 aliphatic carbocycles. The minimum absolute atomic E-state index is 0.0704. The highest BCUT2D eigenvalue weighted by Crippen LogP contribution is 2.36. The largest absolute Gasteiger partial charge is 0.507 e. The van der Waals surface area contributed by atoms with Crippen molar-refractivity contribution < 1.29 is 19.8 Å². The van der Waals surface area contributed by atoms with Crippen LogP contribution in [0.15, 0.2) is 36.4 Å². The molecule has 4 heteroatoms. The van der Waals surface area contributed by atoms with Crippen LogP contribution in [-0.4, -0.2) is 22.8 Å². The van der Waals surface area contributed by atoms with Gasteiger partial charge in [-0.2, -0.15) is 0 Å². The van der Waals surface area contributed by atoms with E-state index in [1.807, 2.05) is 0 Å². The fourth-order valence-corrected chi connectivity index (χ4v) is 1.69. The zero-order valence-corrected chi connectivity index (χ0v) is 9.33. The SMILES string of the molecule is O=Cc1ccc(O)c(-c2cc(C=O)ccc2O)c1. The molecule has 0 aliphatic heterocycles. The average molecular weight is 242 g/mol. The van der Waals surface area contributed by atoms with Gasteiger partial charge in [-0.25, -0.2) is 0 Å². The summed E-state index contributed by atoms with van der Waals surface area (Å²) in [5, 5.41) is 19.5. The van der Waals surface area contributed by atoms with Crippen LogP contribution in [0.2, 0.25) is 0 Å². The molecule has 0 saturated heterocycles. The quantitative estimate of drug-likeness (QED) is 0.810.